The van der Waals surface area contributed by atoms with E-state index in [0.717, 1.165) is 6.16 Å². The summed E-state index contributed by atoms with van der Waals surface area (Å²) >= 11 is 0. The van der Waals surface area contributed by atoms with Crippen LogP contribution in [0.15, 0.2) is 91.0 Å². The Bertz CT molecular complexity index is 2260. The van der Waals surface area contributed by atoms with E-state index in [-0.39, 0.29) is 63.5 Å². The van der Waals surface area contributed by atoms with Gasteiger partial charge in [0.1, 0.15) is 53.2 Å². The maximum Gasteiger partial charge on any atom is 0.311 e. The number of methoxy groups -OCH3 is 1. The van der Waals surface area contributed by atoms with Crippen LogP contribution in [-0.2, 0) is 47.5 Å². The highest BCUT2D eigenvalue weighted by atomic mass is 31.2. The van der Waals surface area contributed by atoms with Gasteiger partial charge in [-0.25, -0.2) is 0 Å². The number of likely N-dealkylation sites (N-methyl/N-ethyl adjacent to an activating group) is 1. The lowest BCUT2D eigenvalue weighted by Gasteiger charge is -2.48. The van der Waals surface area contributed by atoms with E-state index in [1.807, 2.05) is 51.0 Å². The first-order valence-electron chi connectivity index (χ1n) is 28.9. The second-order valence-corrected chi connectivity index (χ2v) is 27.4. The molecule has 0 radical (unpaired) electrons. The van der Waals surface area contributed by atoms with E-state index in [0.29, 0.717) is 19.6 Å². The molecule has 3 heterocycles. The number of nitrogens with zero attached hydrogens (tertiary/aromatic N) is 2. The first-order valence-corrected chi connectivity index (χ1v) is 30.8. The summed E-state index contributed by atoms with van der Waals surface area (Å²) in [5.74, 6) is -3.60. The van der Waals surface area contributed by atoms with Gasteiger partial charge in [-0.05, 0) is 124 Å². The monoisotopic (exact) mass is 1140 g/mol. The molecule has 0 saturated carbocycles. The normalized spacial score (nSPS) is 36.2. The third kappa shape index (κ3) is 15.4. The number of benzene rings is 3. The molecule has 3 aliphatic heterocycles. The topological polar surface area (TPSA) is 216 Å². The molecule has 0 bridgehead atoms. The molecule has 80 heavy (non-hydrogen) atoms. The van der Waals surface area contributed by atoms with Gasteiger partial charge in [0.25, 0.3) is 0 Å². The van der Waals surface area contributed by atoms with E-state index in [4.69, 9.17) is 37.9 Å². The summed E-state index contributed by atoms with van der Waals surface area (Å²) in [4.78, 5) is 32.7. The zero-order valence-corrected chi connectivity index (χ0v) is 50.7. The number of amides is 1. The maximum atomic E-state index is 14.7. The van der Waals surface area contributed by atoms with E-state index in [1.165, 1.54) is 34.8 Å². The largest absolute Gasteiger partial charge is 0.459 e. The molecule has 0 aliphatic carbocycles. The first-order chi connectivity index (χ1) is 37.8. The van der Waals surface area contributed by atoms with Crippen LogP contribution in [-0.4, -0.2) is 198 Å². The average molecular weight is 1140 g/mol. The summed E-state index contributed by atoms with van der Waals surface area (Å²) in [6.45, 7) is 18.1. The second-order valence-electron chi connectivity index (χ2n) is 23.8. The van der Waals surface area contributed by atoms with Crippen molar-refractivity contribution in [3.05, 3.63) is 91.0 Å². The molecule has 18 atom stereocenters. The Morgan fingerprint density at radius 2 is 1.31 bits per heavy atom. The number of rotatable bonds is 19. The molecule has 0 aromatic heterocycles. The van der Waals surface area contributed by atoms with Crippen molar-refractivity contribution >= 4 is 35.1 Å². The lowest BCUT2D eigenvalue weighted by molar-refractivity contribution is -0.318. The summed E-state index contributed by atoms with van der Waals surface area (Å²) in [6, 6.07) is 30.5. The molecular formula is C62H96N2O15P+. The van der Waals surface area contributed by atoms with Gasteiger partial charge in [0.15, 0.2) is 12.6 Å². The van der Waals surface area contributed by atoms with Gasteiger partial charge in [-0.1, -0.05) is 75.4 Å². The fourth-order valence-corrected chi connectivity index (χ4v) is 16.7. The molecule has 5 N–H and O–H groups in total. The Labute approximate surface area is 476 Å². The van der Waals surface area contributed by atoms with Crippen LogP contribution in [0, 0.1) is 17.8 Å². The van der Waals surface area contributed by atoms with Crippen molar-refractivity contribution < 1.29 is 73.0 Å². The van der Waals surface area contributed by atoms with Crippen molar-refractivity contribution in [1.82, 2.24) is 9.80 Å². The minimum absolute atomic E-state index is 0.0186. The molecule has 448 valence electrons. The highest BCUT2D eigenvalue weighted by Gasteiger charge is 2.53. The standard InChI is InChI=1S/C62H96N2O15P/c1-14-50-62(10,71)55(67)44(6)64(51(65)30-31-73-32-33-74-34-35-80(46-24-18-15-19-25-46,47-26-20-16-21-27-47)48-28-22-17-23-29-48)39-40(2)37-60(8,70)57(79-59-53(66)49(63(11)12)36-41(3)75-59)42(4)54(43(5)58(69)77-50)78-52-38-61(9,72-13)56(68)45(7)76-52/h15-29,40-45,49-50,52-57,59,66-68,70-71H,14,30-39H2,1-13H3/q+1/t40-,41-,42+,43-,44-,45+,49+,50-,52+,53-,54+,55-,56+,57-,59+,60-,61-,62-/m1/s1. The van der Waals surface area contributed by atoms with E-state index >= 15 is 0 Å². The highest BCUT2D eigenvalue weighted by Crippen LogP contribution is 2.55. The van der Waals surface area contributed by atoms with Crippen LogP contribution in [0.5, 0.6) is 0 Å². The lowest BCUT2D eigenvalue weighted by Crippen LogP contribution is -2.60. The predicted octanol–water partition coefficient (Wildman–Crippen LogP) is 5.21. The SMILES string of the molecule is CC[C@H]1OC(=O)[C@H](C)[C@@H](O[C@H]2C[C@@](C)(OC)[C@@H](O)[C@H](C)O2)[C@H](C)[C@@H](O[C@@H]2O[C@H](C)C[C@H](N(C)C)[C@H]2O)[C@](C)(O)C[C@@H](C)CN(C(=O)CCOCCOCC[P+](c2ccccc2)(c2ccccc2)c2ccccc2)[C@H](C)[C@@H](O)[C@]1(C)O. The van der Waals surface area contributed by atoms with Crippen LogP contribution in [0.25, 0.3) is 0 Å². The van der Waals surface area contributed by atoms with E-state index in [1.54, 1.807) is 48.5 Å². The van der Waals surface area contributed by atoms with Crippen LogP contribution in [0.3, 0.4) is 0 Å². The van der Waals surface area contributed by atoms with Crippen molar-refractivity contribution in [2.24, 2.45) is 17.8 Å². The second kappa shape index (κ2) is 28.9. The van der Waals surface area contributed by atoms with Crippen molar-refractivity contribution in [3.8, 4) is 0 Å². The van der Waals surface area contributed by atoms with Crippen LogP contribution in [0.4, 0.5) is 0 Å². The van der Waals surface area contributed by atoms with Crippen molar-refractivity contribution in [3.63, 3.8) is 0 Å². The van der Waals surface area contributed by atoms with Crippen LogP contribution in [0.1, 0.15) is 101 Å². The summed E-state index contributed by atoms with van der Waals surface area (Å²) < 4.78 is 50.5. The smallest absolute Gasteiger partial charge is 0.311 e. The van der Waals surface area contributed by atoms with Gasteiger partial charge in [-0.15, -0.1) is 0 Å². The lowest BCUT2D eigenvalue weighted by atomic mass is 9.77. The third-order valence-electron chi connectivity index (χ3n) is 17.2. The number of hydrogen-bond donors (Lipinski definition) is 5. The number of aliphatic hydroxyl groups excluding tert-OH is 3. The minimum Gasteiger partial charge on any atom is -0.459 e. The average Bonchev–Trinajstić information content (AvgIpc) is 3.47. The number of aliphatic hydroxyl groups is 5. The quantitative estimate of drug-likeness (QED) is 0.0592. The molecular weight excluding hydrogens is 1040 g/mol. The van der Waals surface area contributed by atoms with Crippen LogP contribution >= 0.6 is 7.26 Å². The summed E-state index contributed by atoms with van der Waals surface area (Å²) in [5.41, 5.74) is -4.91. The first kappa shape index (κ1) is 65.7. The Balaban J connectivity index is 1.23. The molecule has 1 amide bonds. The van der Waals surface area contributed by atoms with Crippen molar-refractivity contribution in [1.29, 1.82) is 0 Å². The third-order valence-corrected chi connectivity index (χ3v) is 21.6. The van der Waals surface area contributed by atoms with Crippen LogP contribution in [0.2, 0.25) is 0 Å². The van der Waals surface area contributed by atoms with Gasteiger partial charge in [0, 0.05) is 32.0 Å². The van der Waals surface area contributed by atoms with Gasteiger partial charge in [0.2, 0.25) is 5.91 Å². The summed E-state index contributed by atoms with van der Waals surface area (Å²) in [5, 5.41) is 64.2. The highest BCUT2D eigenvalue weighted by molar-refractivity contribution is 7.95. The molecule has 3 aromatic rings. The zero-order chi connectivity index (χ0) is 58.7. The van der Waals surface area contributed by atoms with E-state index < -0.39 is 109 Å². The summed E-state index contributed by atoms with van der Waals surface area (Å²) in [6.07, 6.45) is -9.21. The van der Waals surface area contributed by atoms with Gasteiger partial charge in [0.05, 0.1) is 86.6 Å². The Morgan fingerprint density at radius 3 is 1.84 bits per heavy atom. The number of carbonyl (C=O) groups excluding carboxylic acids is 2. The van der Waals surface area contributed by atoms with Gasteiger partial charge in [-0.2, -0.15) is 0 Å². The number of carbonyl (C=O) groups is 2. The molecule has 0 unspecified atom stereocenters. The molecule has 18 heteroatoms. The number of esters is 1. The van der Waals surface area contributed by atoms with Crippen molar-refractivity contribution in [2.45, 2.75) is 192 Å². The fraction of sp³-hybridized carbons (Fsp3) is 0.677. The minimum atomic E-state index is -2.10. The van der Waals surface area contributed by atoms with Crippen molar-refractivity contribution in [2.75, 3.05) is 60.3 Å². The predicted molar refractivity (Wildman–Crippen MR) is 310 cm³/mol. The van der Waals surface area contributed by atoms with Gasteiger partial charge < -0.3 is 73.2 Å². The van der Waals surface area contributed by atoms with Gasteiger partial charge in [-0.3, -0.25) is 9.59 Å². The Morgan fingerprint density at radius 1 is 0.762 bits per heavy atom. The number of cyclic esters (lactones) is 1. The molecule has 3 saturated heterocycles. The van der Waals surface area contributed by atoms with Gasteiger partial charge >= 0.3 is 5.97 Å². The molecule has 3 aliphatic rings. The molecule has 3 fully saturated rings. The zero-order valence-electron chi connectivity index (χ0n) is 49.8. The Kier molecular flexibility index (Phi) is 23.7. The van der Waals surface area contributed by atoms with Crippen LogP contribution < -0.4 is 15.9 Å². The number of hydrogen-bond acceptors (Lipinski definition) is 16. The molecule has 3 aromatic carbocycles. The molecule has 0 spiro atoms. The Hall–Kier alpha value is -3.49. The maximum absolute atomic E-state index is 14.7. The molecule has 6 rings (SSSR count). The fourth-order valence-electron chi connectivity index (χ4n) is 12.5. The number of ether oxygens (including phenoxy) is 8. The van der Waals surface area contributed by atoms with E-state index in [9.17, 15) is 35.1 Å². The molecule has 17 nitrogen and oxygen atoms in total. The summed E-state index contributed by atoms with van der Waals surface area (Å²) in [7, 11) is 3.13. The van der Waals surface area contributed by atoms with E-state index in [2.05, 4.69) is 72.8 Å².